The number of alkyl halides is 3. The third-order valence-electron chi connectivity index (χ3n) is 3.11. The summed E-state index contributed by atoms with van der Waals surface area (Å²) in [6.07, 6.45) is -3.03. The second kappa shape index (κ2) is 4.47. The van der Waals surface area contributed by atoms with E-state index in [0.717, 1.165) is 12.3 Å². The van der Waals surface area contributed by atoms with E-state index in [9.17, 15) is 13.2 Å². The lowest BCUT2D eigenvalue weighted by Gasteiger charge is -2.06. The van der Waals surface area contributed by atoms with Gasteiger partial charge in [-0.3, -0.25) is 5.10 Å². The number of hydrogen-bond donors (Lipinski definition) is 2. The van der Waals surface area contributed by atoms with E-state index in [4.69, 9.17) is 5.73 Å². The van der Waals surface area contributed by atoms with Crippen LogP contribution in [0.3, 0.4) is 0 Å². The monoisotopic (exact) mass is 296 g/mol. The van der Waals surface area contributed by atoms with Crippen LogP contribution in [0.1, 0.15) is 18.2 Å². The average Bonchev–Trinajstić information content (AvgIpc) is 2.99. The van der Waals surface area contributed by atoms with Gasteiger partial charge >= 0.3 is 6.18 Å². The smallest absolute Gasteiger partial charge is 0.383 e. The maximum Gasteiger partial charge on any atom is 0.417 e. The van der Waals surface area contributed by atoms with Gasteiger partial charge in [0.05, 0.1) is 16.6 Å². The maximum absolute atomic E-state index is 12.5. The standard InChI is InChI=1S/C12H11F3N6/c1-2-7-9-10(16)18-19-11(9)21(20-7)8-4-3-6(5-17-8)12(13,14)15/h3-5H,2H2,1H3,(H3,16,18,19). The van der Waals surface area contributed by atoms with Crippen LogP contribution >= 0.6 is 0 Å². The average molecular weight is 296 g/mol. The Morgan fingerprint density at radius 3 is 2.67 bits per heavy atom. The van der Waals surface area contributed by atoms with Crippen LogP contribution < -0.4 is 5.73 Å². The van der Waals surface area contributed by atoms with Gasteiger partial charge in [-0.15, -0.1) is 0 Å². The molecular formula is C12H11F3N6. The summed E-state index contributed by atoms with van der Waals surface area (Å²) in [5.41, 5.74) is 6.12. The molecule has 0 radical (unpaired) electrons. The maximum atomic E-state index is 12.5. The predicted octanol–water partition coefficient (Wildman–Crippen LogP) is 2.31. The number of aryl methyl sites for hydroxylation is 1. The summed E-state index contributed by atoms with van der Waals surface area (Å²) in [6, 6.07) is 2.21. The number of rotatable bonds is 2. The van der Waals surface area contributed by atoms with Gasteiger partial charge in [0.2, 0.25) is 0 Å². The van der Waals surface area contributed by atoms with E-state index in [1.54, 1.807) is 0 Å². The van der Waals surface area contributed by atoms with Crippen LogP contribution in [-0.2, 0) is 12.6 Å². The topological polar surface area (TPSA) is 85.4 Å². The summed E-state index contributed by atoms with van der Waals surface area (Å²) in [5.74, 6) is 0.624. The second-order valence-corrected chi connectivity index (χ2v) is 4.45. The van der Waals surface area contributed by atoms with E-state index in [0.29, 0.717) is 29.0 Å². The first-order chi connectivity index (χ1) is 9.91. The Morgan fingerprint density at radius 1 is 1.33 bits per heavy atom. The highest BCUT2D eigenvalue weighted by molar-refractivity contribution is 5.89. The first-order valence-electron chi connectivity index (χ1n) is 6.17. The molecule has 3 rings (SSSR count). The molecule has 9 heteroatoms. The molecule has 3 heterocycles. The fourth-order valence-electron chi connectivity index (χ4n) is 2.09. The quantitative estimate of drug-likeness (QED) is 0.760. The fourth-order valence-corrected chi connectivity index (χ4v) is 2.09. The fraction of sp³-hybridized carbons (Fsp3) is 0.250. The van der Waals surface area contributed by atoms with E-state index in [1.807, 2.05) is 6.92 Å². The molecule has 0 aromatic carbocycles. The van der Waals surface area contributed by atoms with E-state index >= 15 is 0 Å². The molecule has 0 saturated heterocycles. The Kier molecular flexibility index (Phi) is 2.85. The van der Waals surface area contributed by atoms with Crippen molar-refractivity contribution >= 4 is 16.9 Å². The van der Waals surface area contributed by atoms with Crippen molar-refractivity contribution in [2.75, 3.05) is 5.73 Å². The lowest BCUT2D eigenvalue weighted by Crippen LogP contribution is -2.07. The molecule has 0 aliphatic carbocycles. The third kappa shape index (κ3) is 2.10. The van der Waals surface area contributed by atoms with Crippen LogP contribution in [0.25, 0.3) is 16.9 Å². The van der Waals surface area contributed by atoms with Crippen molar-refractivity contribution in [1.82, 2.24) is 25.0 Å². The van der Waals surface area contributed by atoms with Crippen LogP contribution in [0.15, 0.2) is 18.3 Å². The minimum absolute atomic E-state index is 0.249. The molecule has 3 aromatic rings. The van der Waals surface area contributed by atoms with E-state index < -0.39 is 11.7 Å². The molecule has 3 N–H and O–H groups in total. The number of nitrogens with two attached hydrogens (primary N) is 1. The third-order valence-corrected chi connectivity index (χ3v) is 3.11. The van der Waals surface area contributed by atoms with E-state index in [1.165, 1.54) is 10.7 Å². The minimum atomic E-state index is -4.42. The first kappa shape index (κ1) is 13.4. The number of nitrogen functional groups attached to an aromatic ring is 1. The zero-order valence-electron chi connectivity index (χ0n) is 10.9. The molecule has 0 atom stereocenters. The molecule has 0 aliphatic heterocycles. The number of anilines is 1. The Labute approximate surface area is 116 Å². The summed E-state index contributed by atoms with van der Waals surface area (Å²) in [7, 11) is 0. The molecule has 0 spiro atoms. The molecule has 0 amide bonds. The van der Waals surface area contributed by atoms with Crippen molar-refractivity contribution in [3.05, 3.63) is 29.6 Å². The Morgan fingerprint density at radius 2 is 2.10 bits per heavy atom. The molecule has 6 nitrogen and oxygen atoms in total. The van der Waals surface area contributed by atoms with Crippen molar-refractivity contribution in [2.24, 2.45) is 0 Å². The first-order valence-corrected chi connectivity index (χ1v) is 6.17. The summed E-state index contributed by atoms with van der Waals surface area (Å²) in [5, 5.41) is 11.6. The summed E-state index contributed by atoms with van der Waals surface area (Å²) < 4.78 is 39.0. The van der Waals surface area contributed by atoms with Crippen LogP contribution in [0, 0.1) is 0 Å². The number of aromatic nitrogens is 5. The normalized spacial score (nSPS) is 12.2. The molecule has 3 aromatic heterocycles. The molecule has 110 valence electrons. The van der Waals surface area contributed by atoms with Crippen LogP contribution in [-0.4, -0.2) is 25.0 Å². The lowest BCUT2D eigenvalue weighted by atomic mass is 10.2. The van der Waals surface area contributed by atoms with E-state index in [-0.39, 0.29) is 5.82 Å². The Balaban J connectivity index is 2.12. The Bertz CT molecular complexity index is 784. The number of pyridine rings is 1. The van der Waals surface area contributed by atoms with Crippen molar-refractivity contribution in [2.45, 2.75) is 19.5 Å². The highest BCUT2D eigenvalue weighted by Gasteiger charge is 2.31. The van der Waals surface area contributed by atoms with Crippen LogP contribution in [0.5, 0.6) is 0 Å². The number of nitrogens with one attached hydrogen (secondary N) is 1. The number of halogens is 3. The molecule has 21 heavy (non-hydrogen) atoms. The van der Waals surface area contributed by atoms with Crippen LogP contribution in [0.2, 0.25) is 0 Å². The van der Waals surface area contributed by atoms with Gasteiger partial charge in [0, 0.05) is 6.20 Å². The number of fused-ring (bicyclic) bond motifs is 1. The number of aromatic amines is 1. The summed E-state index contributed by atoms with van der Waals surface area (Å²) in [6.45, 7) is 1.90. The molecule has 0 bridgehead atoms. The molecule has 0 unspecified atom stereocenters. The lowest BCUT2D eigenvalue weighted by molar-refractivity contribution is -0.137. The zero-order valence-corrected chi connectivity index (χ0v) is 10.9. The van der Waals surface area contributed by atoms with Crippen molar-refractivity contribution in [3.63, 3.8) is 0 Å². The molecular weight excluding hydrogens is 285 g/mol. The van der Waals surface area contributed by atoms with Crippen LogP contribution in [0.4, 0.5) is 19.0 Å². The highest BCUT2D eigenvalue weighted by Crippen LogP contribution is 2.29. The summed E-state index contributed by atoms with van der Waals surface area (Å²) in [4.78, 5) is 3.81. The summed E-state index contributed by atoms with van der Waals surface area (Å²) >= 11 is 0. The second-order valence-electron chi connectivity index (χ2n) is 4.45. The largest absolute Gasteiger partial charge is 0.417 e. The van der Waals surface area contributed by atoms with Gasteiger partial charge in [0.15, 0.2) is 11.5 Å². The van der Waals surface area contributed by atoms with Crippen molar-refractivity contribution < 1.29 is 13.2 Å². The van der Waals surface area contributed by atoms with Gasteiger partial charge in [-0.05, 0) is 18.6 Å². The Hall–Kier alpha value is -2.58. The molecule has 0 saturated carbocycles. The van der Waals surface area contributed by atoms with Gasteiger partial charge in [0.1, 0.15) is 5.82 Å². The minimum Gasteiger partial charge on any atom is -0.383 e. The van der Waals surface area contributed by atoms with Gasteiger partial charge < -0.3 is 5.73 Å². The number of H-pyrrole nitrogens is 1. The zero-order chi connectivity index (χ0) is 15.2. The highest BCUT2D eigenvalue weighted by atomic mass is 19.4. The van der Waals surface area contributed by atoms with Gasteiger partial charge in [-0.25, -0.2) is 4.98 Å². The van der Waals surface area contributed by atoms with Crippen molar-refractivity contribution in [1.29, 1.82) is 0 Å². The molecule has 0 fully saturated rings. The molecule has 0 aliphatic rings. The van der Waals surface area contributed by atoms with Crippen molar-refractivity contribution in [3.8, 4) is 5.82 Å². The SMILES string of the molecule is CCc1nn(-c2ccc(C(F)(F)F)cn2)c2n[nH]c(N)c12. The van der Waals surface area contributed by atoms with Gasteiger partial charge in [0.25, 0.3) is 0 Å². The van der Waals surface area contributed by atoms with Gasteiger partial charge in [-0.1, -0.05) is 6.92 Å². The number of hydrogen-bond acceptors (Lipinski definition) is 4. The van der Waals surface area contributed by atoms with Gasteiger partial charge in [-0.2, -0.15) is 28.1 Å². The van der Waals surface area contributed by atoms with E-state index in [2.05, 4.69) is 20.3 Å². The predicted molar refractivity (Wildman–Crippen MR) is 69.8 cm³/mol. The number of nitrogens with zero attached hydrogens (tertiary/aromatic N) is 4.